The van der Waals surface area contributed by atoms with Crippen LogP contribution in [0.1, 0.15) is 13.8 Å². The molecular formula is C11H12N4O4. The van der Waals surface area contributed by atoms with Gasteiger partial charge in [-0.25, -0.2) is 0 Å². The molecule has 0 atom stereocenters. The molecule has 0 unspecified atom stereocenters. The molecule has 0 saturated carbocycles. The summed E-state index contributed by atoms with van der Waals surface area (Å²) in [7, 11) is 0. The molecule has 1 heterocycles. The SMILES string of the molecule is CC(C)Nc1c([N+](=O)[O-])cc([N+](=O)[O-])c2[nH]ccc12. The smallest absolute Gasteiger partial charge is 0.300 e. The van der Waals surface area contributed by atoms with Gasteiger partial charge in [0.2, 0.25) is 0 Å². The minimum atomic E-state index is -0.634. The number of benzene rings is 1. The number of hydrogen-bond donors (Lipinski definition) is 2. The summed E-state index contributed by atoms with van der Waals surface area (Å²) in [5, 5.41) is 25.4. The molecular weight excluding hydrogens is 252 g/mol. The summed E-state index contributed by atoms with van der Waals surface area (Å²) in [4.78, 5) is 23.5. The second kappa shape index (κ2) is 4.56. The zero-order valence-corrected chi connectivity index (χ0v) is 10.3. The highest BCUT2D eigenvalue weighted by atomic mass is 16.6. The Labute approximate surface area is 107 Å². The van der Waals surface area contributed by atoms with Crippen molar-refractivity contribution in [3.05, 3.63) is 38.6 Å². The highest BCUT2D eigenvalue weighted by Crippen LogP contribution is 2.38. The van der Waals surface area contributed by atoms with Gasteiger partial charge in [-0.15, -0.1) is 0 Å². The van der Waals surface area contributed by atoms with Crippen molar-refractivity contribution in [2.75, 3.05) is 5.32 Å². The standard InChI is InChI=1S/C11H12N4O4/c1-6(2)13-11-7-3-4-12-10(7)8(14(16)17)5-9(11)15(18)19/h3-6,12-13H,1-2H3. The first-order chi connectivity index (χ1) is 8.91. The van der Waals surface area contributed by atoms with Gasteiger partial charge in [-0.1, -0.05) is 0 Å². The number of anilines is 1. The summed E-state index contributed by atoms with van der Waals surface area (Å²) in [5.41, 5.74) is -0.0332. The van der Waals surface area contributed by atoms with Crippen LogP contribution in [0, 0.1) is 20.2 Å². The van der Waals surface area contributed by atoms with E-state index < -0.39 is 9.85 Å². The summed E-state index contributed by atoms with van der Waals surface area (Å²) in [6.07, 6.45) is 1.52. The first-order valence-electron chi connectivity index (χ1n) is 5.61. The lowest BCUT2D eigenvalue weighted by Crippen LogP contribution is -2.12. The van der Waals surface area contributed by atoms with Gasteiger partial charge in [-0.2, -0.15) is 0 Å². The van der Waals surface area contributed by atoms with E-state index in [9.17, 15) is 20.2 Å². The average Bonchev–Trinajstić information content (AvgIpc) is 2.76. The Morgan fingerprint density at radius 2 is 1.84 bits per heavy atom. The van der Waals surface area contributed by atoms with Crippen LogP contribution in [0.15, 0.2) is 18.3 Å². The number of nitro groups is 2. The van der Waals surface area contributed by atoms with Crippen molar-refractivity contribution in [2.45, 2.75) is 19.9 Å². The number of nitrogens with one attached hydrogen (secondary N) is 2. The topological polar surface area (TPSA) is 114 Å². The highest BCUT2D eigenvalue weighted by Gasteiger charge is 2.26. The van der Waals surface area contributed by atoms with E-state index in [-0.39, 0.29) is 22.9 Å². The summed E-state index contributed by atoms with van der Waals surface area (Å²) in [5.74, 6) is 0. The van der Waals surface area contributed by atoms with Crippen molar-refractivity contribution in [1.82, 2.24) is 4.98 Å². The quantitative estimate of drug-likeness (QED) is 0.650. The van der Waals surface area contributed by atoms with Crippen LogP contribution >= 0.6 is 0 Å². The summed E-state index contributed by atoms with van der Waals surface area (Å²) in [6.45, 7) is 3.67. The lowest BCUT2D eigenvalue weighted by molar-refractivity contribution is -0.392. The Morgan fingerprint density at radius 3 is 2.37 bits per heavy atom. The second-order valence-electron chi connectivity index (χ2n) is 4.37. The van der Waals surface area contributed by atoms with Crippen molar-refractivity contribution >= 4 is 28.0 Å². The lowest BCUT2D eigenvalue weighted by Gasteiger charge is -2.11. The third kappa shape index (κ3) is 2.19. The fraction of sp³-hybridized carbons (Fsp3) is 0.273. The van der Waals surface area contributed by atoms with E-state index in [0.717, 1.165) is 6.07 Å². The molecule has 1 aromatic carbocycles. The monoisotopic (exact) mass is 264 g/mol. The first kappa shape index (κ1) is 12.8. The molecule has 0 radical (unpaired) electrons. The zero-order valence-electron chi connectivity index (χ0n) is 10.3. The molecule has 2 aromatic rings. The van der Waals surface area contributed by atoms with E-state index in [1.54, 1.807) is 6.07 Å². The van der Waals surface area contributed by atoms with Crippen LogP contribution in [0.25, 0.3) is 10.9 Å². The lowest BCUT2D eigenvalue weighted by atomic mass is 10.1. The number of aromatic nitrogens is 1. The molecule has 1 aromatic heterocycles. The van der Waals surface area contributed by atoms with Gasteiger partial charge < -0.3 is 10.3 Å². The molecule has 100 valence electrons. The number of non-ortho nitro benzene ring substituents is 1. The molecule has 0 fully saturated rings. The highest BCUT2D eigenvalue weighted by molar-refractivity contribution is 6.02. The fourth-order valence-corrected chi connectivity index (χ4v) is 1.93. The minimum Gasteiger partial charge on any atom is -0.377 e. The van der Waals surface area contributed by atoms with E-state index >= 15 is 0 Å². The predicted octanol–water partition coefficient (Wildman–Crippen LogP) is 2.80. The molecule has 0 amide bonds. The molecule has 0 aliphatic carbocycles. The van der Waals surface area contributed by atoms with Gasteiger partial charge in [-0.3, -0.25) is 20.2 Å². The third-order valence-electron chi connectivity index (χ3n) is 2.63. The van der Waals surface area contributed by atoms with Gasteiger partial charge in [-0.05, 0) is 19.9 Å². The van der Waals surface area contributed by atoms with Crippen molar-refractivity contribution < 1.29 is 9.85 Å². The van der Waals surface area contributed by atoms with Gasteiger partial charge in [0.05, 0.1) is 15.9 Å². The van der Waals surface area contributed by atoms with E-state index in [4.69, 9.17) is 0 Å². The molecule has 8 heteroatoms. The summed E-state index contributed by atoms with van der Waals surface area (Å²) < 4.78 is 0. The van der Waals surface area contributed by atoms with Crippen molar-refractivity contribution in [1.29, 1.82) is 0 Å². The van der Waals surface area contributed by atoms with Crippen LogP contribution in [0.4, 0.5) is 17.1 Å². The average molecular weight is 264 g/mol. The van der Waals surface area contributed by atoms with Crippen LogP contribution in [0.3, 0.4) is 0 Å². The molecule has 0 saturated heterocycles. The van der Waals surface area contributed by atoms with Crippen LogP contribution in [-0.2, 0) is 0 Å². The minimum absolute atomic E-state index is 0.0294. The van der Waals surface area contributed by atoms with E-state index in [0.29, 0.717) is 11.1 Å². The van der Waals surface area contributed by atoms with Gasteiger partial charge in [0.15, 0.2) is 0 Å². The molecule has 2 N–H and O–H groups in total. The molecule has 8 nitrogen and oxygen atoms in total. The van der Waals surface area contributed by atoms with Gasteiger partial charge in [0, 0.05) is 17.6 Å². The predicted molar refractivity (Wildman–Crippen MR) is 70.4 cm³/mol. The number of H-pyrrole nitrogens is 1. The Morgan fingerprint density at radius 1 is 1.21 bits per heavy atom. The van der Waals surface area contributed by atoms with Crippen LogP contribution < -0.4 is 5.32 Å². The Kier molecular flexibility index (Phi) is 3.07. The number of nitro benzene ring substituents is 2. The van der Waals surface area contributed by atoms with Crippen LogP contribution in [0.5, 0.6) is 0 Å². The zero-order chi connectivity index (χ0) is 14.2. The second-order valence-corrected chi connectivity index (χ2v) is 4.37. The maximum atomic E-state index is 11.1. The van der Waals surface area contributed by atoms with Crippen LogP contribution in [0.2, 0.25) is 0 Å². The van der Waals surface area contributed by atoms with E-state index in [1.807, 2.05) is 13.8 Å². The maximum absolute atomic E-state index is 11.1. The largest absolute Gasteiger partial charge is 0.377 e. The molecule has 0 aliphatic heterocycles. The molecule has 0 aliphatic rings. The molecule has 19 heavy (non-hydrogen) atoms. The Balaban J connectivity index is 2.80. The van der Waals surface area contributed by atoms with E-state index in [2.05, 4.69) is 10.3 Å². The molecule has 0 bridgehead atoms. The third-order valence-corrected chi connectivity index (χ3v) is 2.63. The molecule has 2 rings (SSSR count). The first-order valence-corrected chi connectivity index (χ1v) is 5.61. The number of nitrogens with zero attached hydrogens (tertiary/aromatic N) is 2. The van der Waals surface area contributed by atoms with Gasteiger partial charge >= 0.3 is 0 Å². The van der Waals surface area contributed by atoms with Gasteiger partial charge in [0.1, 0.15) is 11.2 Å². The number of hydrogen-bond acceptors (Lipinski definition) is 5. The van der Waals surface area contributed by atoms with Crippen molar-refractivity contribution in [3.8, 4) is 0 Å². The van der Waals surface area contributed by atoms with Crippen molar-refractivity contribution in [3.63, 3.8) is 0 Å². The van der Waals surface area contributed by atoms with Crippen molar-refractivity contribution in [2.24, 2.45) is 0 Å². The van der Waals surface area contributed by atoms with E-state index in [1.165, 1.54) is 6.20 Å². The number of rotatable bonds is 4. The Bertz CT molecular complexity index is 662. The Hall–Kier alpha value is -2.64. The van der Waals surface area contributed by atoms with Crippen LogP contribution in [-0.4, -0.2) is 20.9 Å². The van der Waals surface area contributed by atoms with Gasteiger partial charge in [0.25, 0.3) is 11.4 Å². The number of fused-ring (bicyclic) bond motifs is 1. The number of aromatic amines is 1. The fourth-order valence-electron chi connectivity index (χ4n) is 1.93. The summed E-state index contributed by atoms with van der Waals surface area (Å²) >= 11 is 0. The molecule has 0 spiro atoms. The maximum Gasteiger partial charge on any atom is 0.300 e. The summed E-state index contributed by atoms with van der Waals surface area (Å²) in [6, 6.07) is 2.53. The normalized spacial score (nSPS) is 10.9.